The van der Waals surface area contributed by atoms with Crippen LogP contribution in [0.3, 0.4) is 0 Å². The molecule has 2 bridgehead atoms. The summed E-state index contributed by atoms with van der Waals surface area (Å²) in [6.07, 6.45) is 7.80. The third kappa shape index (κ3) is 3.34. The Hall–Kier alpha value is -2.28. The van der Waals surface area contributed by atoms with E-state index in [9.17, 15) is 14.6 Å². The number of nitrogens with zero attached hydrogens (tertiary/aromatic N) is 5. The molecule has 2 aliphatic carbocycles. The second-order valence-corrected chi connectivity index (χ2v) is 11.7. The van der Waals surface area contributed by atoms with Gasteiger partial charge in [-0.1, -0.05) is 11.6 Å². The predicted molar refractivity (Wildman–Crippen MR) is 125 cm³/mol. The maximum Gasteiger partial charge on any atom is 0.149 e. The summed E-state index contributed by atoms with van der Waals surface area (Å²) in [5.41, 5.74) is 1.00. The number of pyridine rings is 1. The summed E-state index contributed by atoms with van der Waals surface area (Å²) in [7, 11) is -1.18. The van der Waals surface area contributed by atoms with Gasteiger partial charge in [0.25, 0.3) is 0 Å². The van der Waals surface area contributed by atoms with Gasteiger partial charge in [0.2, 0.25) is 0 Å². The van der Waals surface area contributed by atoms with Gasteiger partial charge in [0.1, 0.15) is 23.5 Å². The molecule has 33 heavy (non-hydrogen) atoms. The van der Waals surface area contributed by atoms with Crippen LogP contribution in [-0.2, 0) is 17.2 Å². The number of nitriles is 1. The van der Waals surface area contributed by atoms with Gasteiger partial charge in [-0.15, -0.1) is 0 Å². The van der Waals surface area contributed by atoms with E-state index in [-0.39, 0.29) is 6.61 Å². The highest BCUT2D eigenvalue weighted by Gasteiger charge is 2.50. The summed E-state index contributed by atoms with van der Waals surface area (Å²) >= 11 is 5.96. The molecule has 0 spiro atoms. The van der Waals surface area contributed by atoms with Crippen molar-refractivity contribution in [1.29, 1.82) is 5.26 Å². The minimum Gasteiger partial charge on any atom is -0.394 e. The molecular formula is C23H25ClN6O2S. The summed E-state index contributed by atoms with van der Waals surface area (Å²) in [5, 5.41) is 24.0. The van der Waals surface area contributed by atoms with Crippen molar-refractivity contribution in [2.45, 2.75) is 48.5 Å². The lowest BCUT2D eigenvalue weighted by Gasteiger charge is -2.53. The van der Waals surface area contributed by atoms with Gasteiger partial charge in [0, 0.05) is 37.2 Å². The van der Waals surface area contributed by atoms with E-state index in [0.717, 1.165) is 50.2 Å². The standard InChI is InChI=1S/C23H25ClN6O2S/c24-15-8-26-20(27-9-15)18-13-6-14(18)11-30(10-13)22-17(7-25)16-2-5-33(32)19(16)21(28-22)29-23(12-31)3-1-4-23/h8-9,13-14,18,31H,1-6,10-12H2,(H,28,29). The molecule has 4 fully saturated rings. The zero-order valence-corrected chi connectivity index (χ0v) is 19.7. The number of halogens is 1. The van der Waals surface area contributed by atoms with Crippen molar-refractivity contribution in [3.63, 3.8) is 0 Å². The first-order valence-electron chi connectivity index (χ1n) is 11.5. The maximum atomic E-state index is 12.8. The van der Waals surface area contributed by atoms with E-state index < -0.39 is 16.3 Å². The van der Waals surface area contributed by atoms with E-state index in [1.165, 1.54) is 0 Å². The molecule has 5 aliphatic rings. The highest BCUT2D eigenvalue weighted by Crippen LogP contribution is 2.52. The number of aliphatic hydroxyl groups is 1. The molecule has 7 rings (SSSR count). The fourth-order valence-electron chi connectivity index (χ4n) is 5.97. The second-order valence-electron chi connectivity index (χ2n) is 9.74. The highest BCUT2D eigenvalue weighted by atomic mass is 35.5. The van der Waals surface area contributed by atoms with Crippen LogP contribution in [0, 0.1) is 23.2 Å². The van der Waals surface area contributed by atoms with Crippen molar-refractivity contribution in [1.82, 2.24) is 15.0 Å². The largest absolute Gasteiger partial charge is 0.394 e. The number of aromatic nitrogens is 3. The molecule has 3 aliphatic heterocycles. The number of rotatable bonds is 5. The van der Waals surface area contributed by atoms with E-state index >= 15 is 0 Å². The third-order valence-corrected chi connectivity index (χ3v) is 9.54. The maximum absolute atomic E-state index is 12.8. The quantitative estimate of drug-likeness (QED) is 0.665. The summed E-state index contributed by atoms with van der Waals surface area (Å²) in [5.74, 6) is 3.71. The lowest BCUT2D eigenvalue weighted by Crippen LogP contribution is -2.55. The lowest BCUT2D eigenvalue weighted by atomic mass is 9.61. The van der Waals surface area contributed by atoms with Gasteiger partial charge >= 0.3 is 0 Å². The van der Waals surface area contributed by atoms with Crippen LogP contribution < -0.4 is 10.2 Å². The van der Waals surface area contributed by atoms with Crippen molar-refractivity contribution in [2.24, 2.45) is 11.8 Å². The Morgan fingerprint density at radius 2 is 2.03 bits per heavy atom. The fourth-order valence-corrected chi connectivity index (χ4v) is 7.45. The smallest absolute Gasteiger partial charge is 0.149 e. The van der Waals surface area contributed by atoms with Crippen LogP contribution in [0.15, 0.2) is 17.3 Å². The first kappa shape index (κ1) is 21.3. The molecule has 3 unspecified atom stereocenters. The third-order valence-electron chi connectivity index (χ3n) is 7.88. The van der Waals surface area contributed by atoms with Crippen LogP contribution >= 0.6 is 11.6 Å². The van der Waals surface area contributed by atoms with Crippen molar-refractivity contribution >= 4 is 34.0 Å². The summed E-state index contributed by atoms with van der Waals surface area (Å²) in [6, 6.07) is 2.37. The van der Waals surface area contributed by atoms with Gasteiger partial charge in [-0.3, -0.25) is 4.21 Å². The van der Waals surface area contributed by atoms with Gasteiger partial charge in [-0.05, 0) is 49.5 Å². The number of anilines is 2. The Morgan fingerprint density at radius 1 is 1.30 bits per heavy atom. The Labute approximate surface area is 199 Å². The van der Waals surface area contributed by atoms with Crippen LogP contribution in [0.5, 0.6) is 0 Å². The number of piperidine rings is 2. The molecular weight excluding hydrogens is 460 g/mol. The summed E-state index contributed by atoms with van der Waals surface area (Å²) in [6.45, 7) is 1.57. The second kappa shape index (κ2) is 7.90. The van der Waals surface area contributed by atoms with E-state index in [1.807, 2.05) is 0 Å². The first-order valence-corrected chi connectivity index (χ1v) is 13.2. The molecule has 172 valence electrons. The molecule has 0 amide bonds. The topological polar surface area (TPSA) is 115 Å². The van der Waals surface area contributed by atoms with Crippen LogP contribution in [0.1, 0.15) is 48.6 Å². The zero-order valence-electron chi connectivity index (χ0n) is 18.1. The molecule has 2 aromatic rings. The number of fused-ring (bicyclic) bond motifs is 3. The van der Waals surface area contributed by atoms with Crippen molar-refractivity contribution < 1.29 is 9.32 Å². The highest BCUT2D eigenvalue weighted by molar-refractivity contribution is 7.85. The molecule has 2 saturated carbocycles. The van der Waals surface area contributed by atoms with E-state index in [2.05, 4.69) is 26.3 Å². The molecule has 2 N–H and O–H groups in total. The Balaban J connectivity index is 1.34. The predicted octanol–water partition coefficient (Wildman–Crippen LogP) is 2.63. The van der Waals surface area contributed by atoms with Gasteiger partial charge in [0.05, 0.1) is 38.4 Å². The number of hydrogen-bond acceptors (Lipinski definition) is 8. The number of aliphatic hydroxyl groups excluding tert-OH is 1. The van der Waals surface area contributed by atoms with Gasteiger partial charge in [0.15, 0.2) is 0 Å². The Bertz CT molecular complexity index is 1160. The molecule has 0 radical (unpaired) electrons. The SMILES string of the molecule is N#Cc1c(N2CC3CC(C2)C3c2ncc(Cl)cn2)nc(NC2(CO)CCC2)c2c1CCS2=O. The summed E-state index contributed by atoms with van der Waals surface area (Å²) in [4.78, 5) is 16.7. The zero-order chi connectivity index (χ0) is 22.7. The molecule has 8 nitrogen and oxygen atoms in total. The van der Waals surface area contributed by atoms with Gasteiger partial charge in [-0.2, -0.15) is 5.26 Å². The van der Waals surface area contributed by atoms with Crippen molar-refractivity contribution in [3.05, 3.63) is 34.4 Å². The molecule has 0 aromatic carbocycles. The number of hydrogen-bond donors (Lipinski definition) is 2. The molecule has 2 saturated heterocycles. The molecule has 3 atom stereocenters. The lowest BCUT2D eigenvalue weighted by molar-refractivity contribution is 0.104. The van der Waals surface area contributed by atoms with E-state index in [4.69, 9.17) is 16.6 Å². The average molecular weight is 485 g/mol. The van der Waals surface area contributed by atoms with Crippen LogP contribution in [-0.4, -0.2) is 55.3 Å². The Kier molecular flexibility index (Phi) is 5.09. The van der Waals surface area contributed by atoms with Gasteiger partial charge < -0.3 is 15.3 Å². The van der Waals surface area contributed by atoms with E-state index in [0.29, 0.717) is 57.0 Å². The van der Waals surface area contributed by atoms with Crippen LogP contribution in [0.4, 0.5) is 11.6 Å². The molecule has 10 heteroatoms. The van der Waals surface area contributed by atoms with Crippen LogP contribution in [0.2, 0.25) is 5.02 Å². The van der Waals surface area contributed by atoms with E-state index in [1.54, 1.807) is 12.4 Å². The van der Waals surface area contributed by atoms with Crippen LogP contribution in [0.25, 0.3) is 0 Å². The van der Waals surface area contributed by atoms with Gasteiger partial charge in [-0.25, -0.2) is 15.0 Å². The Morgan fingerprint density at radius 3 is 2.64 bits per heavy atom. The number of nitrogens with one attached hydrogen (secondary N) is 1. The molecule has 5 heterocycles. The minimum atomic E-state index is -1.18. The van der Waals surface area contributed by atoms with Crippen molar-refractivity contribution in [3.8, 4) is 6.07 Å². The first-order chi connectivity index (χ1) is 16.0. The normalized spacial score (nSPS) is 28.9. The minimum absolute atomic E-state index is 0.0159. The molecule has 2 aromatic heterocycles. The fraction of sp³-hybridized carbons (Fsp3) is 0.565. The van der Waals surface area contributed by atoms with Crippen molar-refractivity contribution in [2.75, 3.05) is 35.7 Å². The average Bonchev–Trinajstić information content (AvgIpc) is 3.19. The summed E-state index contributed by atoms with van der Waals surface area (Å²) < 4.78 is 12.8. The monoisotopic (exact) mass is 484 g/mol.